The van der Waals surface area contributed by atoms with Crippen LogP contribution in [0.25, 0.3) is 0 Å². The zero-order chi connectivity index (χ0) is 5.11. The van der Waals surface area contributed by atoms with Gasteiger partial charge in [0.25, 0.3) is 0 Å². The lowest BCUT2D eigenvalue weighted by Gasteiger charge is -1.81. The Morgan fingerprint density at radius 2 is 2.43 bits per heavy atom. The molecule has 0 aliphatic rings. The van der Waals surface area contributed by atoms with Crippen LogP contribution in [0.4, 0.5) is 5.69 Å². The van der Waals surface area contributed by atoms with Crippen molar-refractivity contribution in [1.29, 1.82) is 0 Å². The van der Waals surface area contributed by atoms with Crippen LogP contribution in [0.3, 0.4) is 0 Å². The van der Waals surface area contributed by atoms with Gasteiger partial charge in [-0.15, -0.1) is 0 Å². The highest BCUT2D eigenvalue weighted by atomic mass is 15.1. The van der Waals surface area contributed by atoms with E-state index in [0.717, 1.165) is 0 Å². The Morgan fingerprint density at radius 1 is 1.57 bits per heavy atom. The summed E-state index contributed by atoms with van der Waals surface area (Å²) < 4.78 is 0. The normalized spacial score (nSPS) is 8.57. The van der Waals surface area contributed by atoms with Crippen molar-refractivity contribution in [1.82, 2.24) is 10.2 Å². The summed E-state index contributed by atoms with van der Waals surface area (Å²) in [5.74, 6) is 0. The Balaban J connectivity index is 3.02. The van der Waals surface area contributed by atoms with E-state index in [-0.39, 0.29) is 0 Å². The van der Waals surface area contributed by atoms with Crippen molar-refractivity contribution < 1.29 is 0 Å². The molecule has 0 atom stereocenters. The lowest BCUT2D eigenvalue weighted by molar-refractivity contribution is 1.03. The molecule has 0 amide bonds. The van der Waals surface area contributed by atoms with Crippen molar-refractivity contribution in [2.24, 2.45) is 0 Å². The van der Waals surface area contributed by atoms with Crippen molar-refractivity contribution in [3.05, 3.63) is 18.5 Å². The minimum Gasteiger partial charge on any atom is -0.397 e. The second-order valence-corrected chi connectivity index (χ2v) is 1.09. The molecule has 0 fully saturated rings. The predicted octanol–water partition coefficient (Wildman–Crippen LogP) is -0.141. The van der Waals surface area contributed by atoms with Gasteiger partial charge in [0.05, 0.1) is 18.1 Å². The van der Waals surface area contributed by atoms with Crippen molar-refractivity contribution >= 4 is 5.69 Å². The van der Waals surface area contributed by atoms with Gasteiger partial charge in [-0.05, 0) is 0 Å². The fourth-order valence-corrected chi connectivity index (χ4v) is 0.270. The topological polar surface area (TPSA) is 51.8 Å². The molecule has 1 rings (SSSR count). The standard InChI is InChI=1S/C4H4N3/c5-4-1-2-6-7-3-4/h2-3H,(H2,5,6). The molecule has 0 bridgehead atoms. The number of nitrogens with two attached hydrogens (primary N) is 1. The highest BCUT2D eigenvalue weighted by molar-refractivity contribution is 5.29. The zero-order valence-corrected chi connectivity index (χ0v) is 3.63. The van der Waals surface area contributed by atoms with Gasteiger partial charge in [0.2, 0.25) is 0 Å². The Bertz CT molecular complexity index is 137. The van der Waals surface area contributed by atoms with Crippen molar-refractivity contribution in [3.63, 3.8) is 0 Å². The van der Waals surface area contributed by atoms with E-state index in [1.807, 2.05) is 0 Å². The summed E-state index contributed by atoms with van der Waals surface area (Å²) in [6.07, 6.45) is 2.87. The molecule has 0 unspecified atom stereocenters. The van der Waals surface area contributed by atoms with Gasteiger partial charge < -0.3 is 5.73 Å². The van der Waals surface area contributed by atoms with Crippen LogP contribution in [0.2, 0.25) is 0 Å². The number of anilines is 1. The molecule has 0 aliphatic heterocycles. The van der Waals surface area contributed by atoms with Crippen LogP contribution < -0.4 is 5.73 Å². The van der Waals surface area contributed by atoms with Gasteiger partial charge in [-0.2, -0.15) is 10.2 Å². The SMILES string of the molecule is Nc1[c]cnnc1. The average molecular weight is 94.1 g/mol. The molecule has 0 saturated carbocycles. The smallest absolute Gasteiger partial charge is 0.0732 e. The molecule has 0 spiro atoms. The lowest BCUT2D eigenvalue weighted by Crippen LogP contribution is -1.85. The first-order valence-electron chi connectivity index (χ1n) is 1.83. The zero-order valence-electron chi connectivity index (χ0n) is 3.63. The molecular weight excluding hydrogens is 90.1 g/mol. The molecule has 1 aromatic heterocycles. The molecule has 1 radical (unpaired) electrons. The fourth-order valence-electron chi connectivity index (χ4n) is 0.270. The Kier molecular flexibility index (Phi) is 0.898. The maximum atomic E-state index is 5.20. The lowest BCUT2D eigenvalue weighted by atomic mass is 10.5. The molecular formula is C4H4N3. The minimum absolute atomic E-state index is 0.523. The number of nitrogens with zero attached hydrogens (tertiary/aromatic N) is 2. The number of rotatable bonds is 0. The quantitative estimate of drug-likeness (QED) is 0.486. The van der Waals surface area contributed by atoms with E-state index >= 15 is 0 Å². The number of nitrogen functional groups attached to an aromatic ring is 1. The third kappa shape index (κ3) is 0.855. The third-order valence-corrected chi connectivity index (χ3v) is 0.552. The summed E-state index contributed by atoms with van der Waals surface area (Å²) in [4.78, 5) is 0. The first kappa shape index (κ1) is 4.05. The molecule has 1 aromatic rings. The molecule has 1 heterocycles. The molecule has 0 aromatic carbocycles. The molecule has 0 aliphatic carbocycles. The van der Waals surface area contributed by atoms with Crippen molar-refractivity contribution in [2.75, 3.05) is 5.73 Å². The molecule has 2 N–H and O–H groups in total. The van der Waals surface area contributed by atoms with Gasteiger partial charge in [-0.3, -0.25) is 0 Å². The van der Waals surface area contributed by atoms with Crippen LogP contribution >= 0.6 is 0 Å². The fraction of sp³-hybridized carbons (Fsp3) is 0. The minimum atomic E-state index is 0.523. The second-order valence-electron chi connectivity index (χ2n) is 1.09. The molecule has 3 heteroatoms. The van der Waals surface area contributed by atoms with Crippen molar-refractivity contribution in [3.8, 4) is 0 Å². The Hall–Kier alpha value is -1.12. The largest absolute Gasteiger partial charge is 0.397 e. The number of hydrogen-bond acceptors (Lipinski definition) is 3. The highest BCUT2D eigenvalue weighted by Gasteiger charge is 1.75. The van der Waals surface area contributed by atoms with E-state index in [0.29, 0.717) is 5.69 Å². The summed E-state index contributed by atoms with van der Waals surface area (Å²) in [6, 6.07) is 2.64. The van der Waals surface area contributed by atoms with Gasteiger partial charge in [0.1, 0.15) is 0 Å². The van der Waals surface area contributed by atoms with Crippen LogP contribution in [0.5, 0.6) is 0 Å². The molecule has 3 nitrogen and oxygen atoms in total. The Morgan fingerprint density at radius 3 is 2.71 bits per heavy atom. The maximum absolute atomic E-state index is 5.20. The van der Waals surface area contributed by atoms with Gasteiger partial charge in [-0.25, -0.2) is 0 Å². The summed E-state index contributed by atoms with van der Waals surface area (Å²) >= 11 is 0. The van der Waals surface area contributed by atoms with E-state index in [1.165, 1.54) is 12.4 Å². The van der Waals surface area contributed by atoms with E-state index in [2.05, 4.69) is 16.3 Å². The van der Waals surface area contributed by atoms with Crippen LogP contribution in [0.15, 0.2) is 12.4 Å². The summed E-state index contributed by atoms with van der Waals surface area (Å²) in [6.45, 7) is 0. The van der Waals surface area contributed by atoms with Gasteiger partial charge >= 0.3 is 0 Å². The second kappa shape index (κ2) is 1.55. The van der Waals surface area contributed by atoms with Crippen LogP contribution in [-0.4, -0.2) is 10.2 Å². The first-order chi connectivity index (χ1) is 3.39. The monoisotopic (exact) mass is 94.0 g/mol. The third-order valence-electron chi connectivity index (χ3n) is 0.552. The summed E-state index contributed by atoms with van der Waals surface area (Å²) in [7, 11) is 0. The molecule has 35 valence electrons. The van der Waals surface area contributed by atoms with E-state index in [4.69, 9.17) is 5.73 Å². The van der Waals surface area contributed by atoms with Crippen LogP contribution in [0.1, 0.15) is 0 Å². The Labute approximate surface area is 41.2 Å². The maximum Gasteiger partial charge on any atom is 0.0732 e. The van der Waals surface area contributed by atoms with Gasteiger partial charge in [0.15, 0.2) is 0 Å². The number of aromatic nitrogens is 2. The van der Waals surface area contributed by atoms with E-state index < -0.39 is 0 Å². The highest BCUT2D eigenvalue weighted by Crippen LogP contribution is 1.88. The molecule has 0 saturated heterocycles. The van der Waals surface area contributed by atoms with Gasteiger partial charge in [0, 0.05) is 6.07 Å². The van der Waals surface area contributed by atoms with Crippen molar-refractivity contribution in [2.45, 2.75) is 0 Å². The summed E-state index contributed by atoms with van der Waals surface area (Å²) in [5, 5.41) is 6.94. The summed E-state index contributed by atoms with van der Waals surface area (Å²) in [5.41, 5.74) is 5.72. The van der Waals surface area contributed by atoms with E-state index in [9.17, 15) is 0 Å². The van der Waals surface area contributed by atoms with E-state index in [1.54, 1.807) is 0 Å². The first-order valence-corrected chi connectivity index (χ1v) is 1.83. The van der Waals surface area contributed by atoms with Crippen LogP contribution in [-0.2, 0) is 0 Å². The average Bonchev–Trinajstić information content (AvgIpc) is 1.69. The number of hydrogen-bond donors (Lipinski definition) is 1. The van der Waals surface area contributed by atoms with Gasteiger partial charge in [-0.1, -0.05) is 0 Å². The predicted molar refractivity (Wildman–Crippen MR) is 25.3 cm³/mol. The molecule has 7 heavy (non-hydrogen) atoms. The van der Waals surface area contributed by atoms with Crippen LogP contribution in [0, 0.1) is 6.07 Å².